The standard InChI is InChI=1S/C15H22O3/c1-10(7-11-5-6-11)12-8-13(16-2)15(18-4)14(9-12)17-3/h8-11H,5-7H2,1-4H3/t10-/m0/s1. The first-order valence-corrected chi connectivity index (χ1v) is 6.49. The number of hydrogen-bond donors (Lipinski definition) is 0. The molecule has 0 N–H and O–H groups in total. The maximum Gasteiger partial charge on any atom is 0.203 e. The van der Waals surface area contributed by atoms with Crippen LogP contribution in [0.1, 0.15) is 37.7 Å². The number of benzene rings is 1. The summed E-state index contributed by atoms with van der Waals surface area (Å²) in [7, 11) is 4.95. The lowest BCUT2D eigenvalue weighted by molar-refractivity contribution is 0.323. The van der Waals surface area contributed by atoms with Crippen molar-refractivity contribution >= 4 is 0 Å². The average molecular weight is 250 g/mol. The predicted molar refractivity (Wildman–Crippen MR) is 71.9 cm³/mol. The van der Waals surface area contributed by atoms with E-state index in [2.05, 4.69) is 19.1 Å². The maximum atomic E-state index is 5.39. The van der Waals surface area contributed by atoms with Gasteiger partial charge in [0.2, 0.25) is 5.75 Å². The molecule has 1 atom stereocenters. The SMILES string of the molecule is COc1cc([C@@H](C)CC2CC2)cc(OC)c1OC. The van der Waals surface area contributed by atoms with Crippen molar-refractivity contribution in [1.29, 1.82) is 0 Å². The molecule has 0 radical (unpaired) electrons. The van der Waals surface area contributed by atoms with Crippen molar-refractivity contribution in [2.45, 2.75) is 32.1 Å². The van der Waals surface area contributed by atoms with Crippen LogP contribution in [-0.4, -0.2) is 21.3 Å². The van der Waals surface area contributed by atoms with E-state index in [0.29, 0.717) is 11.7 Å². The molecule has 1 saturated carbocycles. The minimum Gasteiger partial charge on any atom is -0.493 e. The van der Waals surface area contributed by atoms with Crippen LogP contribution in [0.4, 0.5) is 0 Å². The zero-order chi connectivity index (χ0) is 13.1. The highest BCUT2D eigenvalue weighted by Crippen LogP contribution is 2.43. The van der Waals surface area contributed by atoms with Crippen LogP contribution >= 0.6 is 0 Å². The van der Waals surface area contributed by atoms with Crippen LogP contribution in [0.2, 0.25) is 0 Å². The van der Waals surface area contributed by atoms with Crippen molar-refractivity contribution in [3.8, 4) is 17.2 Å². The smallest absolute Gasteiger partial charge is 0.203 e. The fraction of sp³-hybridized carbons (Fsp3) is 0.600. The Hall–Kier alpha value is -1.38. The van der Waals surface area contributed by atoms with Crippen molar-refractivity contribution in [3.05, 3.63) is 17.7 Å². The van der Waals surface area contributed by atoms with Crippen LogP contribution in [0.3, 0.4) is 0 Å². The molecule has 0 saturated heterocycles. The fourth-order valence-electron chi connectivity index (χ4n) is 2.38. The van der Waals surface area contributed by atoms with E-state index in [4.69, 9.17) is 14.2 Å². The fourth-order valence-corrected chi connectivity index (χ4v) is 2.38. The Balaban J connectivity index is 2.29. The van der Waals surface area contributed by atoms with Gasteiger partial charge < -0.3 is 14.2 Å². The van der Waals surface area contributed by atoms with Crippen molar-refractivity contribution in [3.63, 3.8) is 0 Å². The highest BCUT2D eigenvalue weighted by molar-refractivity contribution is 5.54. The van der Waals surface area contributed by atoms with Crippen molar-refractivity contribution < 1.29 is 14.2 Å². The van der Waals surface area contributed by atoms with E-state index in [-0.39, 0.29) is 0 Å². The largest absolute Gasteiger partial charge is 0.493 e. The molecule has 0 amide bonds. The molecule has 0 aromatic heterocycles. The third-order valence-electron chi connectivity index (χ3n) is 3.64. The second-order valence-corrected chi connectivity index (χ2v) is 5.04. The maximum absolute atomic E-state index is 5.39. The van der Waals surface area contributed by atoms with Gasteiger partial charge >= 0.3 is 0 Å². The van der Waals surface area contributed by atoms with Gasteiger partial charge in [0.15, 0.2) is 11.5 Å². The molecule has 0 aliphatic heterocycles. The lowest BCUT2D eigenvalue weighted by Gasteiger charge is -2.17. The lowest BCUT2D eigenvalue weighted by atomic mass is 9.95. The Morgan fingerprint density at radius 2 is 1.61 bits per heavy atom. The van der Waals surface area contributed by atoms with E-state index in [1.807, 2.05) is 0 Å². The molecule has 2 rings (SSSR count). The molecule has 1 aliphatic rings. The van der Waals surface area contributed by atoms with Gasteiger partial charge in [-0.15, -0.1) is 0 Å². The third kappa shape index (κ3) is 2.71. The summed E-state index contributed by atoms with van der Waals surface area (Å²) >= 11 is 0. The molecule has 1 aliphatic carbocycles. The monoisotopic (exact) mass is 250 g/mol. The van der Waals surface area contributed by atoms with Gasteiger partial charge in [0, 0.05) is 0 Å². The topological polar surface area (TPSA) is 27.7 Å². The van der Waals surface area contributed by atoms with Crippen molar-refractivity contribution in [2.75, 3.05) is 21.3 Å². The van der Waals surface area contributed by atoms with E-state index < -0.39 is 0 Å². The van der Waals surface area contributed by atoms with Gasteiger partial charge in [-0.1, -0.05) is 19.8 Å². The minimum absolute atomic E-state index is 0.534. The molecular formula is C15H22O3. The van der Waals surface area contributed by atoms with Gasteiger partial charge in [0.05, 0.1) is 21.3 Å². The van der Waals surface area contributed by atoms with E-state index in [0.717, 1.165) is 17.4 Å². The molecule has 1 aromatic carbocycles. The van der Waals surface area contributed by atoms with Crippen LogP contribution < -0.4 is 14.2 Å². The summed E-state index contributed by atoms with van der Waals surface area (Å²) in [6.45, 7) is 2.26. The van der Waals surface area contributed by atoms with Gasteiger partial charge in [-0.2, -0.15) is 0 Å². The molecule has 100 valence electrons. The van der Waals surface area contributed by atoms with Crippen LogP contribution in [0.15, 0.2) is 12.1 Å². The Morgan fingerprint density at radius 1 is 1.06 bits per heavy atom. The highest BCUT2D eigenvalue weighted by atomic mass is 16.5. The minimum atomic E-state index is 0.534. The molecule has 1 aromatic rings. The summed E-state index contributed by atoms with van der Waals surface area (Å²) in [5, 5.41) is 0. The van der Waals surface area contributed by atoms with E-state index in [1.54, 1.807) is 21.3 Å². The van der Waals surface area contributed by atoms with Crippen LogP contribution in [-0.2, 0) is 0 Å². The average Bonchev–Trinajstić information content (AvgIpc) is 3.20. The van der Waals surface area contributed by atoms with Crippen LogP contribution in [0.25, 0.3) is 0 Å². The molecule has 0 unspecified atom stereocenters. The second-order valence-electron chi connectivity index (χ2n) is 5.04. The Labute approximate surface area is 109 Å². The molecule has 0 bridgehead atoms. The Kier molecular flexibility index (Phi) is 4.00. The number of methoxy groups -OCH3 is 3. The summed E-state index contributed by atoms with van der Waals surface area (Å²) < 4.78 is 16.1. The summed E-state index contributed by atoms with van der Waals surface area (Å²) in [6.07, 6.45) is 4.02. The summed E-state index contributed by atoms with van der Waals surface area (Å²) in [4.78, 5) is 0. The van der Waals surface area contributed by atoms with E-state index in [9.17, 15) is 0 Å². The predicted octanol–water partition coefficient (Wildman–Crippen LogP) is 3.62. The normalized spacial score (nSPS) is 16.2. The van der Waals surface area contributed by atoms with Crippen LogP contribution in [0, 0.1) is 5.92 Å². The quantitative estimate of drug-likeness (QED) is 0.771. The van der Waals surface area contributed by atoms with Gasteiger partial charge in [0.25, 0.3) is 0 Å². The number of hydrogen-bond acceptors (Lipinski definition) is 3. The van der Waals surface area contributed by atoms with Crippen molar-refractivity contribution in [2.24, 2.45) is 5.92 Å². The van der Waals surface area contributed by atoms with E-state index >= 15 is 0 Å². The van der Waals surface area contributed by atoms with Gasteiger partial charge in [0.1, 0.15) is 0 Å². The molecule has 0 heterocycles. The first-order valence-electron chi connectivity index (χ1n) is 6.49. The molecular weight excluding hydrogens is 228 g/mol. The van der Waals surface area contributed by atoms with Gasteiger partial charge in [-0.05, 0) is 36.0 Å². The van der Waals surface area contributed by atoms with Crippen LogP contribution in [0.5, 0.6) is 17.2 Å². The molecule has 3 heteroatoms. The number of ether oxygens (including phenoxy) is 3. The highest BCUT2D eigenvalue weighted by Gasteiger charge is 2.25. The zero-order valence-electron chi connectivity index (χ0n) is 11.7. The number of rotatable bonds is 6. The summed E-state index contributed by atoms with van der Waals surface area (Å²) in [5.41, 5.74) is 1.26. The second kappa shape index (κ2) is 5.51. The lowest BCUT2D eigenvalue weighted by Crippen LogP contribution is -2.00. The third-order valence-corrected chi connectivity index (χ3v) is 3.64. The zero-order valence-corrected chi connectivity index (χ0v) is 11.7. The first-order chi connectivity index (χ1) is 8.69. The molecule has 0 spiro atoms. The molecule has 18 heavy (non-hydrogen) atoms. The Bertz CT molecular complexity index is 385. The molecule has 1 fully saturated rings. The first kappa shape index (κ1) is 13.1. The van der Waals surface area contributed by atoms with E-state index in [1.165, 1.54) is 24.8 Å². The van der Waals surface area contributed by atoms with Gasteiger partial charge in [-0.3, -0.25) is 0 Å². The Morgan fingerprint density at radius 3 is 2.00 bits per heavy atom. The van der Waals surface area contributed by atoms with Crippen molar-refractivity contribution in [1.82, 2.24) is 0 Å². The summed E-state index contributed by atoms with van der Waals surface area (Å²) in [6, 6.07) is 4.13. The summed E-state index contributed by atoms with van der Waals surface area (Å²) in [5.74, 6) is 3.61. The van der Waals surface area contributed by atoms with Gasteiger partial charge in [-0.25, -0.2) is 0 Å². The molecule has 3 nitrogen and oxygen atoms in total.